The van der Waals surface area contributed by atoms with Crippen LogP contribution < -0.4 is 16.4 Å². The van der Waals surface area contributed by atoms with Gasteiger partial charge in [0.25, 0.3) is 5.91 Å². The third-order valence-corrected chi connectivity index (χ3v) is 8.15. The standard InChI is InChI=1S/C24H17Cl6N3O2/c1-10-6-12(31)2-5-18(10)33-22(34)14-9-13(3-4-15(14)25)32-23(35)20-19(24(20,29)30)11-7-16(26)21(28)17(27)8-11/h2-9,19-20H,31H2,1H3,(H,32,35)(H,33,34)/t19-,20?/m0/s1. The molecule has 4 rings (SSSR count). The summed E-state index contributed by atoms with van der Waals surface area (Å²) in [5.74, 6) is -2.23. The zero-order valence-electron chi connectivity index (χ0n) is 17.9. The lowest BCUT2D eigenvalue weighted by molar-refractivity contribution is -0.117. The van der Waals surface area contributed by atoms with Gasteiger partial charge in [0.2, 0.25) is 5.91 Å². The van der Waals surface area contributed by atoms with Crippen LogP contribution in [0.3, 0.4) is 0 Å². The average molecular weight is 592 g/mol. The fourth-order valence-electron chi connectivity index (χ4n) is 3.84. The molecule has 0 saturated heterocycles. The van der Waals surface area contributed by atoms with Crippen molar-refractivity contribution in [1.29, 1.82) is 0 Å². The highest BCUT2D eigenvalue weighted by atomic mass is 35.5. The van der Waals surface area contributed by atoms with Crippen LogP contribution in [0.5, 0.6) is 0 Å². The number of carbonyl (C=O) groups excluding carboxylic acids is 2. The molecular weight excluding hydrogens is 575 g/mol. The molecule has 2 amide bonds. The summed E-state index contributed by atoms with van der Waals surface area (Å²) in [7, 11) is 0. The third kappa shape index (κ3) is 5.31. The van der Waals surface area contributed by atoms with Crippen molar-refractivity contribution in [2.75, 3.05) is 16.4 Å². The van der Waals surface area contributed by atoms with E-state index in [1.807, 2.05) is 6.92 Å². The van der Waals surface area contributed by atoms with Gasteiger partial charge in [-0.3, -0.25) is 9.59 Å². The Bertz CT molecular complexity index is 1340. The molecule has 0 heterocycles. The van der Waals surface area contributed by atoms with Crippen molar-refractivity contribution in [1.82, 2.24) is 0 Å². The Balaban J connectivity index is 1.52. The van der Waals surface area contributed by atoms with Crippen molar-refractivity contribution in [3.63, 3.8) is 0 Å². The summed E-state index contributed by atoms with van der Waals surface area (Å²) >= 11 is 37.4. The monoisotopic (exact) mass is 589 g/mol. The van der Waals surface area contributed by atoms with E-state index in [0.717, 1.165) is 5.56 Å². The van der Waals surface area contributed by atoms with Gasteiger partial charge < -0.3 is 16.4 Å². The van der Waals surface area contributed by atoms with Gasteiger partial charge in [-0.15, -0.1) is 23.2 Å². The molecule has 182 valence electrons. The molecule has 3 aromatic rings. The van der Waals surface area contributed by atoms with Crippen molar-refractivity contribution in [3.05, 3.63) is 85.3 Å². The van der Waals surface area contributed by atoms with Crippen LogP contribution >= 0.6 is 69.6 Å². The number of amides is 2. The van der Waals surface area contributed by atoms with Gasteiger partial charge in [-0.25, -0.2) is 0 Å². The zero-order valence-corrected chi connectivity index (χ0v) is 22.5. The number of benzene rings is 3. The average Bonchev–Trinajstić information content (AvgIpc) is 3.37. The zero-order chi connectivity index (χ0) is 25.7. The van der Waals surface area contributed by atoms with E-state index >= 15 is 0 Å². The van der Waals surface area contributed by atoms with E-state index in [-0.39, 0.29) is 25.7 Å². The van der Waals surface area contributed by atoms with Gasteiger partial charge in [-0.2, -0.15) is 0 Å². The maximum atomic E-state index is 13.0. The van der Waals surface area contributed by atoms with Crippen molar-refractivity contribution in [2.45, 2.75) is 17.2 Å². The molecule has 1 unspecified atom stereocenters. The number of nitrogens with two attached hydrogens (primary N) is 1. The molecule has 1 saturated carbocycles. The first-order chi connectivity index (χ1) is 16.4. The van der Waals surface area contributed by atoms with E-state index in [1.54, 1.807) is 36.4 Å². The molecule has 0 aromatic heterocycles. The highest BCUT2D eigenvalue weighted by molar-refractivity contribution is 6.54. The first-order valence-corrected chi connectivity index (χ1v) is 12.5. The van der Waals surface area contributed by atoms with Crippen LogP contribution in [-0.4, -0.2) is 16.1 Å². The van der Waals surface area contributed by atoms with E-state index in [0.29, 0.717) is 22.6 Å². The molecule has 1 aliphatic carbocycles. The number of nitrogens with one attached hydrogen (secondary N) is 2. The Morgan fingerprint density at radius 1 is 0.886 bits per heavy atom. The van der Waals surface area contributed by atoms with E-state index in [1.165, 1.54) is 12.1 Å². The predicted molar refractivity (Wildman–Crippen MR) is 146 cm³/mol. The quantitative estimate of drug-likeness (QED) is 0.160. The van der Waals surface area contributed by atoms with Crippen LogP contribution in [0.4, 0.5) is 17.1 Å². The molecule has 5 nitrogen and oxygen atoms in total. The summed E-state index contributed by atoms with van der Waals surface area (Å²) in [6.07, 6.45) is 0. The lowest BCUT2D eigenvalue weighted by Gasteiger charge is -2.12. The van der Waals surface area contributed by atoms with Crippen LogP contribution in [-0.2, 0) is 4.79 Å². The number of rotatable bonds is 5. The van der Waals surface area contributed by atoms with E-state index in [9.17, 15) is 9.59 Å². The van der Waals surface area contributed by atoms with Crippen LogP contribution in [0.1, 0.15) is 27.4 Å². The molecule has 1 fully saturated rings. The highest BCUT2D eigenvalue weighted by Crippen LogP contribution is 2.65. The van der Waals surface area contributed by atoms with Crippen molar-refractivity contribution in [2.24, 2.45) is 5.92 Å². The van der Waals surface area contributed by atoms with Crippen LogP contribution in [0.25, 0.3) is 0 Å². The first-order valence-electron chi connectivity index (χ1n) is 10.2. The molecule has 0 bridgehead atoms. The Hall–Kier alpha value is -1.86. The summed E-state index contributed by atoms with van der Waals surface area (Å²) in [5, 5.41) is 6.43. The molecule has 35 heavy (non-hydrogen) atoms. The minimum absolute atomic E-state index is 0.173. The molecule has 2 atom stereocenters. The SMILES string of the molecule is Cc1cc(N)ccc1NC(=O)c1cc(NC(=O)C2[C@H](c3cc(Cl)c(Cl)c(Cl)c3)C2(Cl)Cl)ccc1Cl. The lowest BCUT2D eigenvalue weighted by Crippen LogP contribution is -2.18. The Labute approximate surface area is 231 Å². The maximum Gasteiger partial charge on any atom is 0.257 e. The predicted octanol–water partition coefficient (Wildman–Crippen LogP) is 7.97. The fraction of sp³-hybridized carbons (Fsp3) is 0.167. The number of anilines is 3. The van der Waals surface area contributed by atoms with E-state index in [4.69, 9.17) is 75.3 Å². The van der Waals surface area contributed by atoms with Crippen molar-refractivity contribution in [3.8, 4) is 0 Å². The summed E-state index contributed by atoms with van der Waals surface area (Å²) in [6, 6.07) is 12.8. The van der Waals surface area contributed by atoms with Gasteiger partial charge in [0.1, 0.15) is 4.33 Å². The number of hydrogen-bond donors (Lipinski definition) is 3. The summed E-state index contributed by atoms with van der Waals surface area (Å²) in [5.41, 5.74) is 8.84. The number of carbonyl (C=O) groups is 2. The normalized spacial score (nSPS) is 18.1. The summed E-state index contributed by atoms with van der Waals surface area (Å²) < 4.78 is -1.37. The van der Waals surface area contributed by atoms with Gasteiger partial charge in [-0.05, 0) is 66.6 Å². The van der Waals surface area contributed by atoms with Gasteiger partial charge in [-0.1, -0.05) is 46.4 Å². The molecule has 0 radical (unpaired) electrons. The second kappa shape index (κ2) is 9.89. The molecule has 4 N–H and O–H groups in total. The number of hydrogen-bond acceptors (Lipinski definition) is 3. The summed E-state index contributed by atoms with van der Waals surface area (Å²) in [4.78, 5) is 25.9. The van der Waals surface area contributed by atoms with Gasteiger partial charge in [0, 0.05) is 23.0 Å². The Morgan fingerprint density at radius 2 is 1.54 bits per heavy atom. The van der Waals surface area contributed by atoms with Crippen LogP contribution in [0, 0.1) is 12.8 Å². The number of alkyl halides is 2. The van der Waals surface area contributed by atoms with Crippen LogP contribution in [0.2, 0.25) is 20.1 Å². The summed E-state index contributed by atoms with van der Waals surface area (Å²) in [6.45, 7) is 1.82. The lowest BCUT2D eigenvalue weighted by atomic mass is 10.1. The maximum absolute atomic E-state index is 13.0. The number of halogens is 6. The molecule has 1 aliphatic rings. The number of aryl methyl sites for hydroxylation is 1. The van der Waals surface area contributed by atoms with Crippen molar-refractivity contribution < 1.29 is 9.59 Å². The number of nitrogen functional groups attached to an aromatic ring is 1. The highest BCUT2D eigenvalue weighted by Gasteiger charge is 2.67. The minimum Gasteiger partial charge on any atom is -0.399 e. The largest absolute Gasteiger partial charge is 0.399 e. The van der Waals surface area contributed by atoms with Gasteiger partial charge >= 0.3 is 0 Å². The molecule has 0 aliphatic heterocycles. The van der Waals surface area contributed by atoms with Crippen molar-refractivity contribution >= 4 is 98.5 Å². The fourth-order valence-corrected chi connectivity index (χ4v) is 5.48. The van der Waals surface area contributed by atoms with E-state index in [2.05, 4.69) is 10.6 Å². The van der Waals surface area contributed by atoms with Gasteiger partial charge in [0.15, 0.2) is 0 Å². The van der Waals surface area contributed by atoms with Crippen LogP contribution in [0.15, 0.2) is 48.5 Å². The Kier molecular flexibility index (Phi) is 7.41. The molecule has 11 heteroatoms. The minimum atomic E-state index is -1.37. The smallest absolute Gasteiger partial charge is 0.257 e. The topological polar surface area (TPSA) is 84.2 Å². The molecule has 0 spiro atoms. The van der Waals surface area contributed by atoms with E-state index < -0.39 is 28.0 Å². The molecule has 3 aromatic carbocycles. The molecular formula is C24H17Cl6N3O2. The van der Waals surface area contributed by atoms with Gasteiger partial charge in [0.05, 0.1) is 31.6 Å². The third-order valence-electron chi connectivity index (χ3n) is 5.68. The second-order valence-electron chi connectivity index (χ2n) is 8.14. The second-order valence-corrected chi connectivity index (χ2v) is 11.2. The first kappa shape index (κ1) is 26.2. The Morgan fingerprint density at radius 3 is 2.17 bits per heavy atom.